The van der Waals surface area contributed by atoms with Gasteiger partial charge in [0.1, 0.15) is 11.0 Å². The van der Waals surface area contributed by atoms with Crippen molar-refractivity contribution in [2.75, 3.05) is 0 Å². The van der Waals surface area contributed by atoms with Gasteiger partial charge in [-0.1, -0.05) is 166 Å². The Hall–Kier alpha value is -3.68. The minimum absolute atomic E-state index is 0.130. The van der Waals surface area contributed by atoms with Crippen LogP contribution in [0, 0.1) is 25.5 Å². The number of halogens is 2. The highest BCUT2D eigenvalue weighted by Crippen LogP contribution is 2.51. The molecule has 0 unspecified atom stereocenters. The molecule has 0 bridgehead atoms. The van der Waals surface area contributed by atoms with E-state index in [1.165, 1.54) is 153 Å². The van der Waals surface area contributed by atoms with E-state index in [1.54, 1.807) is 4.80 Å². The van der Waals surface area contributed by atoms with Crippen LogP contribution in [0.1, 0.15) is 158 Å². The Morgan fingerprint density at radius 3 is 1.53 bits per heavy atom. The normalized spacial score (nSPS) is 13.2. The number of aromatic nitrogens is 3. The average molecular weight is 820 g/mol. The number of fused-ring (bicyclic) bond motifs is 4. The number of unbranched alkanes of at least 4 members (excludes halogenated alkanes) is 17. The van der Waals surface area contributed by atoms with E-state index in [9.17, 15) is 0 Å². The van der Waals surface area contributed by atoms with Gasteiger partial charge in [0.15, 0.2) is 11.6 Å². The third kappa shape index (κ3) is 9.52. The Morgan fingerprint density at radius 1 is 0.534 bits per heavy atom. The zero-order chi connectivity index (χ0) is 40.6. The average Bonchev–Trinajstić information content (AvgIpc) is 4.01. The topological polar surface area (TPSA) is 30.7 Å². The lowest BCUT2D eigenvalue weighted by Crippen LogP contribution is -2.15. The van der Waals surface area contributed by atoms with E-state index in [0.717, 1.165) is 28.2 Å². The minimum Gasteiger partial charge on any atom is -0.203 e. The van der Waals surface area contributed by atoms with Crippen LogP contribution in [-0.2, 0) is 12.0 Å². The smallest absolute Gasteiger partial charge is 0.170 e. The molecule has 3 heterocycles. The maximum absolute atomic E-state index is 16.4. The minimum atomic E-state index is -0.858. The molecule has 7 rings (SSSR count). The van der Waals surface area contributed by atoms with Crippen molar-refractivity contribution in [1.82, 2.24) is 15.0 Å². The third-order valence-corrected chi connectivity index (χ3v) is 14.6. The van der Waals surface area contributed by atoms with Gasteiger partial charge in [0.05, 0.1) is 17.7 Å². The van der Waals surface area contributed by atoms with Gasteiger partial charge in [0.2, 0.25) is 0 Å². The first-order chi connectivity index (χ1) is 28.2. The van der Waals surface area contributed by atoms with Crippen molar-refractivity contribution < 1.29 is 8.78 Å². The van der Waals surface area contributed by atoms with E-state index in [-0.39, 0.29) is 16.5 Å². The molecule has 7 heteroatoms. The first kappa shape index (κ1) is 42.4. The van der Waals surface area contributed by atoms with Crippen molar-refractivity contribution in [1.29, 1.82) is 0 Å². The lowest BCUT2D eigenvalue weighted by molar-refractivity contribution is 0.482. The summed E-state index contributed by atoms with van der Waals surface area (Å²) in [5.41, 5.74) is 8.67. The molecular weight excluding hydrogens is 757 g/mol. The van der Waals surface area contributed by atoms with Crippen molar-refractivity contribution >= 4 is 33.7 Å². The Kier molecular flexibility index (Phi) is 14.3. The highest BCUT2D eigenvalue weighted by atomic mass is 32.1. The first-order valence-electron chi connectivity index (χ1n) is 22.4. The predicted molar refractivity (Wildman–Crippen MR) is 245 cm³/mol. The quantitative estimate of drug-likeness (QED) is 0.0639. The van der Waals surface area contributed by atoms with Crippen LogP contribution < -0.4 is 0 Å². The summed E-state index contributed by atoms with van der Waals surface area (Å²) in [7, 11) is 0. The molecule has 3 aromatic carbocycles. The summed E-state index contributed by atoms with van der Waals surface area (Å²) in [5, 5.41) is 9.74. The van der Waals surface area contributed by atoms with Crippen molar-refractivity contribution in [3.63, 3.8) is 0 Å². The molecule has 0 N–H and O–H groups in total. The van der Waals surface area contributed by atoms with Crippen molar-refractivity contribution in [3.8, 4) is 42.4 Å². The molecule has 0 saturated carbocycles. The summed E-state index contributed by atoms with van der Waals surface area (Å²) in [6, 6.07) is 21.1. The van der Waals surface area contributed by atoms with Crippen LogP contribution in [0.3, 0.4) is 0 Å². The molecule has 0 atom stereocenters. The summed E-state index contributed by atoms with van der Waals surface area (Å²) >= 11 is 2.94. The van der Waals surface area contributed by atoms with E-state index in [2.05, 4.69) is 64.1 Å². The molecule has 0 spiro atoms. The largest absolute Gasteiger partial charge is 0.203 e. The summed E-state index contributed by atoms with van der Waals surface area (Å²) in [6.45, 7) is 11.6. The second-order valence-corrected chi connectivity index (χ2v) is 19.8. The maximum atomic E-state index is 16.4. The molecule has 3 nitrogen and oxygen atoms in total. The van der Waals surface area contributed by atoms with E-state index in [0.29, 0.717) is 27.3 Å². The lowest BCUT2D eigenvalue weighted by Gasteiger charge is -2.22. The van der Waals surface area contributed by atoms with Gasteiger partial charge >= 0.3 is 0 Å². The highest BCUT2D eigenvalue weighted by Gasteiger charge is 2.36. The van der Waals surface area contributed by atoms with Gasteiger partial charge in [-0.25, -0.2) is 8.78 Å². The number of rotatable bonds is 22. The molecule has 0 radical (unpaired) electrons. The van der Waals surface area contributed by atoms with Gasteiger partial charge in [0, 0.05) is 24.9 Å². The van der Waals surface area contributed by atoms with Gasteiger partial charge in [-0.15, -0.1) is 22.7 Å². The molecule has 0 amide bonds. The van der Waals surface area contributed by atoms with Crippen LogP contribution in [0.25, 0.3) is 53.5 Å². The van der Waals surface area contributed by atoms with E-state index < -0.39 is 11.6 Å². The fourth-order valence-electron chi connectivity index (χ4n) is 9.02. The molecule has 6 aromatic rings. The standard InChI is InChI=1S/C51H63F2N3S2/c1-6-7-8-9-10-11-12-13-14-15-16-17-18-19-20-21-22-23-32-56-54-49-45(43-29-25-36(3)57-43)47(52)48(53)46(50(49)55-56)44-31-30-42(58-44)37-26-28-39-38-27-24-35(2)33-40(38)51(4,5)41(39)34-37/h24-31,33-34H,6-23,32H2,1-5H3. The second kappa shape index (κ2) is 19.6. The first-order valence-corrected chi connectivity index (χ1v) is 24.0. The van der Waals surface area contributed by atoms with Gasteiger partial charge in [-0.2, -0.15) is 15.0 Å². The number of thiophene rings is 2. The molecule has 1 aliphatic carbocycles. The van der Waals surface area contributed by atoms with E-state index in [1.807, 2.05) is 31.2 Å². The monoisotopic (exact) mass is 819 g/mol. The zero-order valence-electron chi connectivity index (χ0n) is 35.6. The second-order valence-electron chi connectivity index (χ2n) is 17.4. The Labute approximate surface area is 354 Å². The van der Waals surface area contributed by atoms with Gasteiger partial charge in [0.25, 0.3) is 0 Å². The van der Waals surface area contributed by atoms with Gasteiger partial charge in [-0.3, -0.25) is 0 Å². The number of benzene rings is 3. The Bertz CT molecular complexity index is 2290. The summed E-state index contributed by atoms with van der Waals surface area (Å²) < 4.78 is 32.7. The Morgan fingerprint density at radius 2 is 1.00 bits per heavy atom. The molecule has 308 valence electrons. The van der Waals surface area contributed by atoms with Crippen LogP contribution in [-0.4, -0.2) is 15.0 Å². The number of nitrogens with zero attached hydrogens (tertiary/aromatic N) is 3. The molecule has 58 heavy (non-hydrogen) atoms. The fraction of sp³-hybridized carbons (Fsp3) is 0.490. The third-order valence-electron chi connectivity index (χ3n) is 12.4. The van der Waals surface area contributed by atoms with E-state index in [4.69, 9.17) is 10.2 Å². The molecule has 0 saturated heterocycles. The van der Waals surface area contributed by atoms with Crippen molar-refractivity contribution in [3.05, 3.63) is 93.9 Å². The number of hydrogen-bond donors (Lipinski definition) is 0. The molecule has 0 aliphatic heterocycles. The lowest BCUT2D eigenvalue weighted by atomic mass is 9.81. The Balaban J connectivity index is 0.978. The van der Waals surface area contributed by atoms with Crippen LogP contribution in [0.15, 0.2) is 60.7 Å². The van der Waals surface area contributed by atoms with Crippen LogP contribution >= 0.6 is 22.7 Å². The van der Waals surface area contributed by atoms with Crippen LogP contribution in [0.4, 0.5) is 8.78 Å². The fourth-order valence-corrected chi connectivity index (χ4v) is 11.0. The zero-order valence-corrected chi connectivity index (χ0v) is 37.3. The van der Waals surface area contributed by atoms with Crippen LogP contribution in [0.2, 0.25) is 0 Å². The van der Waals surface area contributed by atoms with Crippen LogP contribution in [0.5, 0.6) is 0 Å². The van der Waals surface area contributed by atoms with Gasteiger partial charge < -0.3 is 0 Å². The maximum Gasteiger partial charge on any atom is 0.170 e. The summed E-state index contributed by atoms with van der Waals surface area (Å²) in [6.07, 6.45) is 23.9. The van der Waals surface area contributed by atoms with Gasteiger partial charge in [-0.05, 0) is 78.4 Å². The molecule has 3 aromatic heterocycles. The number of hydrogen-bond acceptors (Lipinski definition) is 4. The molecular formula is C51H63F2N3S2. The highest BCUT2D eigenvalue weighted by molar-refractivity contribution is 7.19. The molecule has 0 fully saturated rings. The summed E-state index contributed by atoms with van der Waals surface area (Å²) in [5.74, 6) is -1.71. The predicted octanol–water partition coefficient (Wildman–Crippen LogP) is 16.8. The molecule has 1 aliphatic rings. The van der Waals surface area contributed by atoms with E-state index >= 15 is 8.78 Å². The van der Waals surface area contributed by atoms with Crippen molar-refractivity contribution in [2.45, 2.75) is 162 Å². The SMILES string of the molecule is CCCCCCCCCCCCCCCCCCCCn1nc2c(-c3ccc(C)s3)c(F)c(F)c(-c3ccc(-c4ccc5c(c4)C(C)(C)c4cc(C)ccc4-5)s3)c2n1. The number of aryl methyl sites for hydroxylation is 3. The summed E-state index contributed by atoms with van der Waals surface area (Å²) in [4.78, 5) is 5.06. The van der Waals surface area contributed by atoms with Crippen molar-refractivity contribution in [2.24, 2.45) is 0 Å².